The molecule has 0 bridgehead atoms. The van der Waals surface area contributed by atoms with Gasteiger partial charge < -0.3 is 14.8 Å². The summed E-state index contributed by atoms with van der Waals surface area (Å²) in [5.41, 5.74) is 2.44. The standard InChI is InChI=1S/C14H13N3O3/c1-16-7-10(9-4-3-8(18)5-12(9)16)11-6-13(14(19)20)17(2)15-11/h3-7,18H,1-2H3,(H,19,20). The fourth-order valence-corrected chi connectivity index (χ4v) is 2.38. The number of rotatable bonds is 2. The molecule has 102 valence electrons. The molecule has 20 heavy (non-hydrogen) atoms. The largest absolute Gasteiger partial charge is 0.508 e. The smallest absolute Gasteiger partial charge is 0.354 e. The van der Waals surface area contributed by atoms with E-state index in [-0.39, 0.29) is 11.4 Å². The number of nitrogens with zero attached hydrogens (tertiary/aromatic N) is 3. The highest BCUT2D eigenvalue weighted by atomic mass is 16.4. The van der Waals surface area contributed by atoms with E-state index < -0.39 is 5.97 Å². The number of phenols is 1. The number of aromatic nitrogens is 3. The lowest BCUT2D eigenvalue weighted by Gasteiger charge is -1.96. The average molecular weight is 271 g/mol. The zero-order chi connectivity index (χ0) is 14.4. The lowest BCUT2D eigenvalue weighted by molar-refractivity contribution is 0.0685. The first-order chi connectivity index (χ1) is 9.47. The number of fused-ring (bicyclic) bond motifs is 1. The molecule has 3 aromatic rings. The van der Waals surface area contributed by atoms with E-state index in [0.29, 0.717) is 5.69 Å². The predicted octanol–water partition coefficient (Wildman–Crippen LogP) is 1.98. The molecule has 0 radical (unpaired) electrons. The number of benzene rings is 1. The van der Waals surface area contributed by atoms with Crippen LogP contribution in [0.2, 0.25) is 0 Å². The van der Waals surface area contributed by atoms with Crippen LogP contribution in [0.3, 0.4) is 0 Å². The van der Waals surface area contributed by atoms with Crippen molar-refractivity contribution in [2.75, 3.05) is 0 Å². The minimum Gasteiger partial charge on any atom is -0.508 e. The third kappa shape index (κ3) is 1.73. The molecular weight excluding hydrogens is 258 g/mol. The van der Waals surface area contributed by atoms with Gasteiger partial charge in [0.05, 0.1) is 11.2 Å². The van der Waals surface area contributed by atoms with Crippen LogP contribution >= 0.6 is 0 Å². The van der Waals surface area contributed by atoms with Crippen LogP contribution in [0.5, 0.6) is 5.75 Å². The van der Waals surface area contributed by atoms with Crippen LogP contribution in [-0.4, -0.2) is 30.5 Å². The van der Waals surface area contributed by atoms with Crippen molar-refractivity contribution >= 4 is 16.9 Å². The summed E-state index contributed by atoms with van der Waals surface area (Å²) in [4.78, 5) is 11.1. The summed E-state index contributed by atoms with van der Waals surface area (Å²) in [5, 5.41) is 23.8. The molecular formula is C14H13N3O3. The fourth-order valence-electron chi connectivity index (χ4n) is 2.38. The van der Waals surface area contributed by atoms with Crippen LogP contribution in [0.1, 0.15) is 10.5 Å². The highest BCUT2D eigenvalue weighted by Crippen LogP contribution is 2.31. The van der Waals surface area contributed by atoms with E-state index in [1.165, 1.54) is 4.68 Å². The van der Waals surface area contributed by atoms with Crippen molar-refractivity contribution in [2.45, 2.75) is 0 Å². The first-order valence-corrected chi connectivity index (χ1v) is 6.03. The van der Waals surface area contributed by atoms with Gasteiger partial charge in [-0.15, -0.1) is 0 Å². The quantitative estimate of drug-likeness (QED) is 0.747. The van der Waals surface area contributed by atoms with E-state index in [4.69, 9.17) is 5.11 Å². The maximum Gasteiger partial charge on any atom is 0.354 e. The summed E-state index contributed by atoms with van der Waals surface area (Å²) >= 11 is 0. The monoisotopic (exact) mass is 271 g/mol. The molecule has 0 atom stereocenters. The lowest BCUT2D eigenvalue weighted by atomic mass is 10.1. The van der Waals surface area contributed by atoms with Crippen molar-refractivity contribution in [3.05, 3.63) is 36.2 Å². The van der Waals surface area contributed by atoms with Gasteiger partial charge in [-0.1, -0.05) is 0 Å². The molecule has 6 nitrogen and oxygen atoms in total. The molecule has 0 aliphatic carbocycles. The topological polar surface area (TPSA) is 80.3 Å². The van der Waals surface area contributed by atoms with Crippen LogP contribution < -0.4 is 0 Å². The third-order valence-electron chi connectivity index (χ3n) is 3.35. The number of aryl methyl sites for hydroxylation is 2. The minimum absolute atomic E-state index is 0.135. The van der Waals surface area contributed by atoms with Gasteiger partial charge in [0.1, 0.15) is 11.4 Å². The van der Waals surface area contributed by atoms with E-state index in [0.717, 1.165) is 16.5 Å². The van der Waals surface area contributed by atoms with Crippen molar-refractivity contribution in [3.63, 3.8) is 0 Å². The molecule has 0 amide bonds. The van der Waals surface area contributed by atoms with Gasteiger partial charge in [0.15, 0.2) is 0 Å². The second kappa shape index (κ2) is 4.12. The average Bonchev–Trinajstić information content (AvgIpc) is 2.91. The van der Waals surface area contributed by atoms with Crippen LogP contribution in [0, 0.1) is 0 Å². The van der Waals surface area contributed by atoms with Gasteiger partial charge in [0.25, 0.3) is 0 Å². The van der Waals surface area contributed by atoms with E-state index in [9.17, 15) is 9.90 Å². The Morgan fingerprint density at radius 1 is 1.25 bits per heavy atom. The molecule has 0 saturated carbocycles. The fraction of sp³-hybridized carbons (Fsp3) is 0.143. The number of hydrogen-bond donors (Lipinski definition) is 2. The van der Waals surface area contributed by atoms with Gasteiger partial charge in [-0.05, 0) is 18.2 Å². The van der Waals surface area contributed by atoms with Crippen molar-refractivity contribution in [1.82, 2.24) is 14.3 Å². The third-order valence-corrected chi connectivity index (χ3v) is 3.35. The molecule has 6 heteroatoms. The molecule has 0 unspecified atom stereocenters. The Morgan fingerprint density at radius 3 is 2.65 bits per heavy atom. The maximum absolute atomic E-state index is 11.1. The number of phenolic OH excluding ortho intramolecular Hbond substituents is 1. The molecule has 2 heterocycles. The van der Waals surface area contributed by atoms with E-state index >= 15 is 0 Å². The van der Waals surface area contributed by atoms with Crippen LogP contribution in [-0.2, 0) is 14.1 Å². The summed E-state index contributed by atoms with van der Waals surface area (Å²) in [6.07, 6.45) is 1.87. The molecule has 2 aromatic heterocycles. The van der Waals surface area contributed by atoms with Crippen molar-refractivity contribution < 1.29 is 15.0 Å². The van der Waals surface area contributed by atoms with E-state index in [1.54, 1.807) is 31.3 Å². The molecule has 3 rings (SSSR count). The SMILES string of the molecule is Cn1nc(-c2cn(C)c3cc(O)ccc23)cc1C(=O)O. The Morgan fingerprint density at radius 2 is 2.00 bits per heavy atom. The zero-order valence-corrected chi connectivity index (χ0v) is 11.0. The molecule has 2 N–H and O–H groups in total. The number of aromatic carboxylic acids is 1. The Labute approximate surface area is 114 Å². The van der Waals surface area contributed by atoms with Crippen LogP contribution in [0.4, 0.5) is 0 Å². The second-order valence-electron chi connectivity index (χ2n) is 4.70. The summed E-state index contributed by atoms with van der Waals surface area (Å²) < 4.78 is 3.22. The van der Waals surface area contributed by atoms with Crippen LogP contribution in [0.15, 0.2) is 30.5 Å². The van der Waals surface area contributed by atoms with Crippen LogP contribution in [0.25, 0.3) is 22.2 Å². The predicted molar refractivity (Wildman–Crippen MR) is 73.7 cm³/mol. The summed E-state index contributed by atoms with van der Waals surface area (Å²) in [7, 11) is 3.47. The van der Waals surface area contributed by atoms with Gasteiger partial charge in [0, 0.05) is 37.3 Å². The number of aromatic hydroxyl groups is 1. The van der Waals surface area contributed by atoms with E-state index in [2.05, 4.69) is 5.10 Å². The van der Waals surface area contributed by atoms with Crippen molar-refractivity contribution in [2.24, 2.45) is 14.1 Å². The minimum atomic E-state index is -1.01. The van der Waals surface area contributed by atoms with Gasteiger partial charge in [-0.25, -0.2) is 4.79 Å². The Balaban J connectivity index is 2.25. The summed E-state index contributed by atoms with van der Waals surface area (Å²) in [6, 6.07) is 6.62. The van der Waals surface area contributed by atoms with Gasteiger partial charge in [0.2, 0.25) is 0 Å². The summed E-state index contributed by atoms with van der Waals surface area (Å²) in [5.74, 6) is -0.818. The van der Waals surface area contributed by atoms with E-state index in [1.807, 2.05) is 17.8 Å². The number of carboxylic acid groups (broad SMARTS) is 1. The molecule has 0 spiro atoms. The normalized spacial score (nSPS) is 11.1. The highest BCUT2D eigenvalue weighted by Gasteiger charge is 2.16. The Bertz CT molecular complexity index is 830. The molecule has 0 aliphatic heterocycles. The summed E-state index contributed by atoms with van der Waals surface area (Å²) in [6.45, 7) is 0. The second-order valence-corrected chi connectivity index (χ2v) is 4.70. The molecule has 0 aliphatic rings. The Hall–Kier alpha value is -2.76. The van der Waals surface area contributed by atoms with Gasteiger partial charge in [-0.2, -0.15) is 5.10 Å². The van der Waals surface area contributed by atoms with Gasteiger partial charge in [-0.3, -0.25) is 4.68 Å². The first kappa shape index (κ1) is 12.3. The molecule has 1 aromatic carbocycles. The zero-order valence-electron chi connectivity index (χ0n) is 11.0. The highest BCUT2D eigenvalue weighted by molar-refractivity contribution is 5.97. The first-order valence-electron chi connectivity index (χ1n) is 6.03. The Kier molecular flexibility index (Phi) is 2.53. The lowest BCUT2D eigenvalue weighted by Crippen LogP contribution is -2.04. The molecule has 0 saturated heterocycles. The molecule has 0 fully saturated rings. The maximum atomic E-state index is 11.1. The van der Waals surface area contributed by atoms with Crippen molar-refractivity contribution in [3.8, 4) is 17.0 Å². The van der Waals surface area contributed by atoms with Gasteiger partial charge >= 0.3 is 5.97 Å². The number of carbonyl (C=O) groups is 1. The number of hydrogen-bond acceptors (Lipinski definition) is 3. The number of carboxylic acids is 1. The van der Waals surface area contributed by atoms with Crippen molar-refractivity contribution in [1.29, 1.82) is 0 Å².